The molecule has 3 heteroatoms. The predicted octanol–water partition coefficient (Wildman–Crippen LogP) is 1.75. The molecule has 1 aromatic heterocycles. The molecule has 3 nitrogen and oxygen atoms in total. The molecule has 1 aromatic carbocycles. The molecule has 2 rings (SSSR count). The van der Waals surface area contributed by atoms with E-state index in [1.807, 2.05) is 26.0 Å². The number of nitrogens with zero attached hydrogens (tertiary/aromatic N) is 1. The van der Waals surface area contributed by atoms with Crippen molar-refractivity contribution in [1.29, 1.82) is 0 Å². The lowest BCUT2D eigenvalue weighted by atomic mass is 10.1. The molecule has 0 aliphatic carbocycles. The highest BCUT2D eigenvalue weighted by Crippen LogP contribution is 2.17. The molecular formula is C10H11NO2. The Balaban J connectivity index is 2.97. The van der Waals surface area contributed by atoms with Crippen molar-refractivity contribution in [1.82, 2.24) is 4.57 Å². The number of rotatable bonds is 0. The summed E-state index contributed by atoms with van der Waals surface area (Å²) in [5.74, 6) is -0.306. The number of oxazole rings is 1. The van der Waals surface area contributed by atoms with Gasteiger partial charge in [0, 0.05) is 7.05 Å². The number of aryl methyl sites for hydroxylation is 3. The van der Waals surface area contributed by atoms with Gasteiger partial charge in [0.25, 0.3) is 0 Å². The largest absolute Gasteiger partial charge is 0.419 e. The van der Waals surface area contributed by atoms with Gasteiger partial charge in [-0.15, -0.1) is 0 Å². The highest BCUT2D eigenvalue weighted by atomic mass is 16.4. The smallest absolute Gasteiger partial charge is 0.408 e. The second kappa shape index (κ2) is 2.49. The van der Waals surface area contributed by atoms with Crippen LogP contribution < -0.4 is 5.76 Å². The van der Waals surface area contributed by atoms with Crippen LogP contribution in [0.1, 0.15) is 11.1 Å². The normalized spacial score (nSPS) is 11.0. The Morgan fingerprint density at radius 2 is 1.85 bits per heavy atom. The third-order valence-electron chi connectivity index (χ3n) is 2.41. The highest BCUT2D eigenvalue weighted by Gasteiger charge is 2.06. The van der Waals surface area contributed by atoms with E-state index in [4.69, 9.17) is 4.42 Å². The molecule has 68 valence electrons. The van der Waals surface area contributed by atoms with Crippen LogP contribution in [0.3, 0.4) is 0 Å². The minimum atomic E-state index is -0.306. The van der Waals surface area contributed by atoms with E-state index in [1.165, 1.54) is 10.1 Å². The Morgan fingerprint density at radius 1 is 1.23 bits per heavy atom. The first-order valence-corrected chi connectivity index (χ1v) is 4.16. The molecule has 0 fully saturated rings. The summed E-state index contributed by atoms with van der Waals surface area (Å²) >= 11 is 0. The van der Waals surface area contributed by atoms with Gasteiger partial charge in [0.1, 0.15) is 0 Å². The van der Waals surface area contributed by atoms with E-state index in [1.54, 1.807) is 7.05 Å². The van der Waals surface area contributed by atoms with Crippen LogP contribution in [-0.4, -0.2) is 4.57 Å². The molecule has 0 unspecified atom stereocenters. The molecule has 0 aliphatic heterocycles. The molecule has 0 saturated heterocycles. The van der Waals surface area contributed by atoms with Gasteiger partial charge in [0.2, 0.25) is 0 Å². The maximum atomic E-state index is 11.2. The van der Waals surface area contributed by atoms with Gasteiger partial charge in [-0.05, 0) is 37.1 Å². The Labute approximate surface area is 75.6 Å². The average Bonchev–Trinajstić information content (AvgIpc) is 2.32. The summed E-state index contributed by atoms with van der Waals surface area (Å²) in [6.45, 7) is 4.02. The third kappa shape index (κ3) is 1.08. The molecule has 13 heavy (non-hydrogen) atoms. The first kappa shape index (κ1) is 8.10. The van der Waals surface area contributed by atoms with E-state index in [0.29, 0.717) is 5.58 Å². The Hall–Kier alpha value is -1.51. The number of benzene rings is 1. The summed E-state index contributed by atoms with van der Waals surface area (Å²) in [4.78, 5) is 11.2. The fourth-order valence-electron chi connectivity index (χ4n) is 1.38. The van der Waals surface area contributed by atoms with E-state index in [0.717, 1.165) is 11.1 Å². The van der Waals surface area contributed by atoms with Crippen molar-refractivity contribution in [2.24, 2.45) is 7.05 Å². The van der Waals surface area contributed by atoms with E-state index < -0.39 is 0 Å². The Morgan fingerprint density at radius 3 is 2.54 bits per heavy atom. The van der Waals surface area contributed by atoms with Crippen molar-refractivity contribution < 1.29 is 4.42 Å². The van der Waals surface area contributed by atoms with Crippen LogP contribution in [0.25, 0.3) is 11.1 Å². The SMILES string of the molecule is Cc1cc2oc(=O)n(C)c2cc1C. The van der Waals surface area contributed by atoms with Gasteiger partial charge in [-0.1, -0.05) is 0 Å². The molecule has 0 aliphatic rings. The van der Waals surface area contributed by atoms with E-state index in [2.05, 4.69) is 0 Å². The topological polar surface area (TPSA) is 35.1 Å². The second-order valence-electron chi connectivity index (χ2n) is 3.33. The summed E-state index contributed by atoms with van der Waals surface area (Å²) < 4.78 is 6.56. The molecule has 0 radical (unpaired) electrons. The van der Waals surface area contributed by atoms with Gasteiger partial charge in [-0.3, -0.25) is 4.57 Å². The molecule has 0 saturated carbocycles. The van der Waals surface area contributed by atoms with Crippen molar-refractivity contribution in [2.45, 2.75) is 13.8 Å². The van der Waals surface area contributed by atoms with Crippen LogP contribution in [0.5, 0.6) is 0 Å². The number of fused-ring (bicyclic) bond motifs is 1. The standard InChI is InChI=1S/C10H11NO2/c1-6-4-8-9(5-7(6)2)13-10(12)11(8)3/h4-5H,1-3H3. The van der Waals surface area contributed by atoms with E-state index in [-0.39, 0.29) is 5.76 Å². The maximum Gasteiger partial charge on any atom is 0.419 e. The minimum absolute atomic E-state index is 0.306. The Kier molecular flexibility index (Phi) is 1.55. The number of hydrogen-bond donors (Lipinski definition) is 0. The first-order valence-electron chi connectivity index (χ1n) is 4.16. The van der Waals surface area contributed by atoms with Gasteiger partial charge < -0.3 is 4.42 Å². The highest BCUT2D eigenvalue weighted by molar-refractivity contribution is 5.74. The fraction of sp³-hybridized carbons (Fsp3) is 0.300. The fourth-order valence-corrected chi connectivity index (χ4v) is 1.38. The molecule has 2 aromatic rings. The van der Waals surface area contributed by atoms with Crippen LogP contribution in [0.4, 0.5) is 0 Å². The summed E-state index contributed by atoms with van der Waals surface area (Å²) in [5, 5.41) is 0. The second-order valence-corrected chi connectivity index (χ2v) is 3.33. The molecule has 0 amide bonds. The zero-order valence-electron chi connectivity index (χ0n) is 7.92. The zero-order valence-corrected chi connectivity index (χ0v) is 7.92. The van der Waals surface area contributed by atoms with Crippen LogP contribution in [-0.2, 0) is 7.05 Å². The predicted molar refractivity (Wildman–Crippen MR) is 50.9 cm³/mol. The average molecular weight is 177 g/mol. The maximum absolute atomic E-state index is 11.2. The molecule has 0 atom stereocenters. The van der Waals surface area contributed by atoms with Gasteiger partial charge in [0.05, 0.1) is 5.52 Å². The summed E-state index contributed by atoms with van der Waals surface area (Å²) in [7, 11) is 1.71. The van der Waals surface area contributed by atoms with Crippen molar-refractivity contribution in [2.75, 3.05) is 0 Å². The quantitative estimate of drug-likeness (QED) is 0.614. The van der Waals surface area contributed by atoms with Gasteiger partial charge in [-0.25, -0.2) is 4.79 Å². The van der Waals surface area contributed by atoms with Gasteiger partial charge in [0.15, 0.2) is 5.58 Å². The van der Waals surface area contributed by atoms with Crippen LogP contribution >= 0.6 is 0 Å². The van der Waals surface area contributed by atoms with Crippen LogP contribution in [0.15, 0.2) is 21.3 Å². The first-order chi connectivity index (χ1) is 6.09. The molecule has 1 heterocycles. The van der Waals surface area contributed by atoms with Crippen LogP contribution in [0, 0.1) is 13.8 Å². The number of hydrogen-bond acceptors (Lipinski definition) is 2. The lowest BCUT2D eigenvalue weighted by Gasteiger charge is -1.98. The number of aromatic nitrogens is 1. The lowest BCUT2D eigenvalue weighted by molar-refractivity contribution is 0.528. The molecule has 0 bridgehead atoms. The van der Waals surface area contributed by atoms with Crippen molar-refractivity contribution in [3.63, 3.8) is 0 Å². The Bertz CT molecular complexity index is 519. The van der Waals surface area contributed by atoms with Crippen molar-refractivity contribution in [3.8, 4) is 0 Å². The molecular weight excluding hydrogens is 166 g/mol. The van der Waals surface area contributed by atoms with Crippen molar-refractivity contribution in [3.05, 3.63) is 33.8 Å². The molecule has 0 N–H and O–H groups in total. The van der Waals surface area contributed by atoms with Gasteiger partial charge >= 0.3 is 5.76 Å². The van der Waals surface area contributed by atoms with E-state index >= 15 is 0 Å². The monoisotopic (exact) mass is 177 g/mol. The minimum Gasteiger partial charge on any atom is -0.408 e. The van der Waals surface area contributed by atoms with Crippen molar-refractivity contribution >= 4 is 11.1 Å². The zero-order chi connectivity index (χ0) is 9.59. The van der Waals surface area contributed by atoms with Gasteiger partial charge in [-0.2, -0.15) is 0 Å². The molecule has 0 spiro atoms. The summed E-state index contributed by atoms with van der Waals surface area (Å²) in [5.41, 5.74) is 3.83. The summed E-state index contributed by atoms with van der Waals surface area (Å²) in [6.07, 6.45) is 0. The third-order valence-corrected chi connectivity index (χ3v) is 2.41. The lowest BCUT2D eigenvalue weighted by Crippen LogP contribution is -2.08. The van der Waals surface area contributed by atoms with E-state index in [9.17, 15) is 4.79 Å². The van der Waals surface area contributed by atoms with Crippen LogP contribution in [0.2, 0.25) is 0 Å². The summed E-state index contributed by atoms with van der Waals surface area (Å²) in [6, 6.07) is 3.86.